The third kappa shape index (κ3) is 2.91. The highest BCUT2D eigenvalue weighted by Gasteiger charge is 2.84. The molecule has 8 fully saturated rings. The van der Waals surface area contributed by atoms with Crippen LogP contribution in [0.4, 0.5) is 0 Å². The molecule has 0 unspecified atom stereocenters. The second-order valence-corrected chi connectivity index (χ2v) is 15.0. The van der Waals surface area contributed by atoms with E-state index in [-0.39, 0.29) is 42.7 Å². The third-order valence-electron chi connectivity index (χ3n) is 12.6. The molecular formula is C31H38O11. The van der Waals surface area contributed by atoms with Crippen molar-refractivity contribution in [1.82, 2.24) is 0 Å². The fourth-order valence-corrected chi connectivity index (χ4v) is 11.1. The lowest BCUT2D eigenvalue weighted by Crippen LogP contribution is -2.64. The molecule has 6 saturated heterocycles. The van der Waals surface area contributed by atoms with Crippen molar-refractivity contribution in [2.75, 3.05) is 0 Å². The molecular weight excluding hydrogens is 548 g/mol. The number of carbonyl (C=O) groups excluding carboxylic acids is 5. The maximum Gasteiger partial charge on any atom is 0.311 e. The van der Waals surface area contributed by atoms with Gasteiger partial charge in [-0.05, 0) is 40.0 Å². The van der Waals surface area contributed by atoms with Crippen LogP contribution in [0.15, 0.2) is 0 Å². The van der Waals surface area contributed by atoms with Crippen LogP contribution in [0.25, 0.3) is 0 Å². The number of hydrogen-bond donors (Lipinski definition) is 0. The van der Waals surface area contributed by atoms with Crippen molar-refractivity contribution < 1.29 is 52.4 Å². The molecule has 228 valence electrons. The van der Waals surface area contributed by atoms with Gasteiger partial charge in [0.05, 0.1) is 29.5 Å². The van der Waals surface area contributed by atoms with Crippen molar-refractivity contribution >= 4 is 29.5 Å². The van der Waals surface area contributed by atoms with E-state index >= 15 is 4.79 Å². The SMILES string of the molecule is CC(=O)O[C@H]1C[C@H]2C(C)(C)O[C@@H]3CC(=O)O[C@@]32C[C@]23CC[C@]4(C)C(=O)[C@@H](C)[C@@H]5[C@H]6OC(=O)[C@@H](C)[C@H]6O[C@@](O2)(C(=O)[C@H]13)[C@@H]54. The van der Waals surface area contributed by atoms with E-state index in [9.17, 15) is 19.2 Å². The van der Waals surface area contributed by atoms with E-state index in [4.69, 9.17) is 28.4 Å². The van der Waals surface area contributed by atoms with Crippen LogP contribution in [0.5, 0.6) is 0 Å². The molecule has 3 spiro atoms. The molecule has 0 aromatic rings. The maximum absolute atomic E-state index is 15.1. The van der Waals surface area contributed by atoms with E-state index in [1.807, 2.05) is 27.7 Å². The van der Waals surface area contributed by atoms with Crippen molar-refractivity contribution in [2.24, 2.45) is 40.9 Å². The van der Waals surface area contributed by atoms with E-state index in [0.717, 1.165) is 0 Å². The summed E-state index contributed by atoms with van der Waals surface area (Å²) in [4.78, 5) is 67.4. The zero-order valence-electron chi connectivity index (χ0n) is 24.8. The summed E-state index contributed by atoms with van der Waals surface area (Å²) in [5, 5.41) is 0. The summed E-state index contributed by atoms with van der Waals surface area (Å²) >= 11 is 0. The Bertz CT molecular complexity index is 1360. The molecule has 11 heteroatoms. The van der Waals surface area contributed by atoms with Crippen LogP contribution in [0, 0.1) is 40.9 Å². The summed E-state index contributed by atoms with van der Waals surface area (Å²) in [5.41, 5.74) is -4.07. The molecule has 2 saturated carbocycles. The molecule has 6 aliphatic heterocycles. The van der Waals surface area contributed by atoms with Gasteiger partial charge < -0.3 is 28.4 Å². The Kier molecular flexibility index (Phi) is 5.06. The van der Waals surface area contributed by atoms with Gasteiger partial charge in [0.2, 0.25) is 11.6 Å². The maximum atomic E-state index is 15.1. The molecule has 0 aromatic heterocycles. The molecule has 0 aromatic carbocycles. The number of ether oxygens (including phenoxy) is 6. The van der Waals surface area contributed by atoms with E-state index in [0.29, 0.717) is 12.8 Å². The van der Waals surface area contributed by atoms with Crippen LogP contribution in [0.3, 0.4) is 0 Å². The Morgan fingerprint density at radius 2 is 1.69 bits per heavy atom. The van der Waals surface area contributed by atoms with Crippen molar-refractivity contribution in [2.45, 2.75) is 121 Å². The second kappa shape index (κ2) is 7.82. The molecule has 8 rings (SSSR count). The van der Waals surface area contributed by atoms with E-state index in [2.05, 4.69) is 0 Å². The molecule has 14 atom stereocenters. The minimum atomic E-state index is -1.85. The van der Waals surface area contributed by atoms with E-state index < -0.39 is 93.9 Å². The monoisotopic (exact) mass is 586 g/mol. The average Bonchev–Trinajstić information content (AvgIpc) is 3.49. The van der Waals surface area contributed by atoms with Gasteiger partial charge in [0.15, 0.2) is 0 Å². The summed E-state index contributed by atoms with van der Waals surface area (Å²) < 4.78 is 38.3. The lowest BCUT2D eigenvalue weighted by Gasteiger charge is -2.50. The van der Waals surface area contributed by atoms with Crippen LogP contribution in [0.2, 0.25) is 0 Å². The largest absolute Gasteiger partial charge is 0.462 e. The molecule has 6 heterocycles. The Morgan fingerprint density at radius 3 is 2.40 bits per heavy atom. The summed E-state index contributed by atoms with van der Waals surface area (Å²) in [6, 6.07) is 0. The fraction of sp³-hybridized carbons (Fsp3) is 0.839. The zero-order chi connectivity index (χ0) is 29.9. The summed E-state index contributed by atoms with van der Waals surface area (Å²) in [6.07, 6.45) is -1.74. The number of hydrogen-bond acceptors (Lipinski definition) is 11. The predicted molar refractivity (Wildman–Crippen MR) is 138 cm³/mol. The van der Waals surface area contributed by atoms with Crippen LogP contribution in [0.1, 0.15) is 73.6 Å². The number of ketones is 2. The number of esters is 3. The standard InChI is InChI=1S/C31H38O11/c1-12-19-22-21(13(2)26(36)38-22)41-31-23(19)28(6,24(12)34)7-8-29(42-31)11-30-16(9-15(37-14(3)32)20(29)25(31)35)27(4,5)39-17(30)10-18(33)40-30/h12-13,15-17,19-23H,7-11H2,1-6H3/t12-,13-,15-,16-,17+,19+,20-,21+,22+,23-,28-,29-,30+,31-/m0/s1. The van der Waals surface area contributed by atoms with Gasteiger partial charge in [-0.25, -0.2) is 0 Å². The van der Waals surface area contributed by atoms with Crippen LogP contribution < -0.4 is 0 Å². The number of carbonyl (C=O) groups is 5. The summed E-state index contributed by atoms with van der Waals surface area (Å²) in [5.74, 6) is -7.14. The Balaban J connectivity index is 1.34. The first-order valence-corrected chi connectivity index (χ1v) is 15.3. The molecule has 11 nitrogen and oxygen atoms in total. The van der Waals surface area contributed by atoms with Gasteiger partial charge in [0.1, 0.15) is 35.8 Å². The minimum Gasteiger partial charge on any atom is -0.462 e. The number of rotatable bonds is 1. The van der Waals surface area contributed by atoms with Gasteiger partial charge >= 0.3 is 17.9 Å². The third-order valence-corrected chi connectivity index (χ3v) is 12.6. The molecule has 8 aliphatic rings. The highest BCUT2D eigenvalue weighted by atomic mass is 16.7. The number of fused-ring (bicyclic) bond motifs is 2. The minimum absolute atomic E-state index is 0.00493. The first kappa shape index (κ1) is 27.2. The van der Waals surface area contributed by atoms with Crippen LogP contribution in [-0.2, 0) is 52.4 Å². The lowest BCUT2D eigenvalue weighted by atomic mass is 9.60. The first-order chi connectivity index (χ1) is 19.6. The Morgan fingerprint density at radius 1 is 0.952 bits per heavy atom. The Labute approximate surface area is 243 Å². The van der Waals surface area contributed by atoms with Gasteiger partial charge in [-0.1, -0.05) is 13.8 Å². The normalized spacial score (nSPS) is 56.3. The van der Waals surface area contributed by atoms with Crippen LogP contribution >= 0.6 is 0 Å². The first-order valence-electron chi connectivity index (χ1n) is 15.3. The molecule has 42 heavy (non-hydrogen) atoms. The molecule has 0 amide bonds. The lowest BCUT2D eigenvalue weighted by molar-refractivity contribution is -0.331. The van der Waals surface area contributed by atoms with Crippen molar-refractivity contribution in [3.63, 3.8) is 0 Å². The van der Waals surface area contributed by atoms with Crippen molar-refractivity contribution in [3.8, 4) is 0 Å². The highest BCUT2D eigenvalue weighted by Crippen LogP contribution is 2.71. The van der Waals surface area contributed by atoms with Gasteiger partial charge in [-0.2, -0.15) is 0 Å². The quantitative estimate of drug-likeness (QED) is 0.329. The average molecular weight is 587 g/mol. The van der Waals surface area contributed by atoms with Gasteiger partial charge in [0.25, 0.3) is 0 Å². The zero-order valence-corrected chi connectivity index (χ0v) is 24.8. The molecule has 0 radical (unpaired) electrons. The fourth-order valence-electron chi connectivity index (χ4n) is 11.1. The predicted octanol–water partition coefficient (Wildman–Crippen LogP) is 2.05. The van der Waals surface area contributed by atoms with E-state index in [1.165, 1.54) is 6.92 Å². The molecule has 2 aliphatic carbocycles. The van der Waals surface area contributed by atoms with E-state index in [1.54, 1.807) is 6.92 Å². The number of Topliss-reactive ketones (excluding diaryl/α,β-unsaturated/α-hetero) is 2. The van der Waals surface area contributed by atoms with Gasteiger partial charge in [-0.3, -0.25) is 24.0 Å². The topological polar surface area (TPSA) is 141 Å². The summed E-state index contributed by atoms with van der Waals surface area (Å²) in [7, 11) is 0. The smallest absolute Gasteiger partial charge is 0.311 e. The van der Waals surface area contributed by atoms with Gasteiger partial charge in [-0.15, -0.1) is 0 Å². The summed E-state index contributed by atoms with van der Waals surface area (Å²) in [6.45, 7) is 10.6. The van der Waals surface area contributed by atoms with Gasteiger partial charge in [0, 0.05) is 42.4 Å². The van der Waals surface area contributed by atoms with Crippen LogP contribution in [-0.4, -0.2) is 76.5 Å². The second-order valence-electron chi connectivity index (χ2n) is 15.0. The highest BCUT2D eigenvalue weighted by molar-refractivity contribution is 5.97. The van der Waals surface area contributed by atoms with Crippen molar-refractivity contribution in [1.29, 1.82) is 0 Å². The molecule has 2 bridgehead atoms. The molecule has 0 N–H and O–H groups in total. The Hall–Kier alpha value is -2.37. The van der Waals surface area contributed by atoms with Crippen molar-refractivity contribution in [3.05, 3.63) is 0 Å².